The van der Waals surface area contributed by atoms with Gasteiger partial charge in [-0.25, -0.2) is 9.97 Å². The molecule has 2 heterocycles. The molecule has 0 unspecified atom stereocenters. The summed E-state index contributed by atoms with van der Waals surface area (Å²) < 4.78 is 6.52. The van der Waals surface area contributed by atoms with E-state index in [1.807, 2.05) is 30.3 Å². The Morgan fingerprint density at radius 1 is 0.800 bits per heavy atom. The van der Waals surface area contributed by atoms with Crippen LogP contribution in [0.15, 0.2) is 65.1 Å². The van der Waals surface area contributed by atoms with E-state index >= 15 is 0 Å². The fourth-order valence-electron chi connectivity index (χ4n) is 2.86. The molecule has 4 nitrogen and oxygen atoms in total. The summed E-state index contributed by atoms with van der Waals surface area (Å²) in [5.41, 5.74) is 4.05. The lowest BCUT2D eigenvalue weighted by atomic mass is 10.1. The predicted octanol–water partition coefficient (Wildman–Crippen LogP) is 4.41. The summed E-state index contributed by atoms with van der Waals surface area (Å²) in [6, 6.07) is 20.5. The maximum atomic E-state index is 5.46. The summed E-state index contributed by atoms with van der Waals surface area (Å²) in [6.45, 7) is 3.06. The third kappa shape index (κ3) is 3.72. The number of hydrogen-bond donors (Lipinski definition) is 0. The number of hydrogen-bond acceptors (Lipinski definition) is 4. The number of ether oxygens (including phenoxy) is 1. The van der Waals surface area contributed by atoms with E-state index in [0.29, 0.717) is 13.2 Å². The summed E-state index contributed by atoms with van der Waals surface area (Å²) in [5, 5.41) is 0. The van der Waals surface area contributed by atoms with Gasteiger partial charge in [-0.3, -0.25) is 0 Å². The zero-order valence-electron chi connectivity index (χ0n) is 13.7. The Bertz CT molecular complexity index is 847. The molecule has 0 bridgehead atoms. The van der Waals surface area contributed by atoms with E-state index in [9.17, 15) is 0 Å². The minimum absolute atomic E-state index is 0.715. The highest BCUT2D eigenvalue weighted by molar-refractivity contribution is 9.10. The van der Waals surface area contributed by atoms with Gasteiger partial charge in [0.1, 0.15) is 0 Å². The first-order valence-corrected chi connectivity index (χ1v) is 9.12. The van der Waals surface area contributed by atoms with Gasteiger partial charge < -0.3 is 9.64 Å². The van der Waals surface area contributed by atoms with Crippen LogP contribution in [0.3, 0.4) is 0 Å². The average molecular weight is 396 g/mol. The Balaban J connectivity index is 1.81. The first-order chi connectivity index (χ1) is 12.3. The van der Waals surface area contributed by atoms with E-state index in [1.54, 1.807) is 0 Å². The molecule has 0 amide bonds. The highest BCUT2D eigenvalue weighted by Crippen LogP contribution is 2.27. The van der Waals surface area contributed by atoms with Gasteiger partial charge in [-0.05, 0) is 18.2 Å². The average Bonchev–Trinajstić information content (AvgIpc) is 2.69. The number of rotatable bonds is 3. The number of benzene rings is 2. The number of aromatic nitrogens is 2. The number of anilines is 1. The Kier molecular flexibility index (Phi) is 4.76. The zero-order valence-corrected chi connectivity index (χ0v) is 15.3. The molecule has 0 radical (unpaired) electrons. The maximum Gasteiger partial charge on any atom is 0.226 e. The molecular formula is C20H18BrN3O. The smallest absolute Gasteiger partial charge is 0.226 e. The summed E-state index contributed by atoms with van der Waals surface area (Å²) in [7, 11) is 0. The van der Waals surface area contributed by atoms with E-state index in [1.165, 1.54) is 0 Å². The predicted molar refractivity (Wildman–Crippen MR) is 104 cm³/mol. The molecule has 1 aliphatic rings. The van der Waals surface area contributed by atoms with Crippen molar-refractivity contribution in [2.24, 2.45) is 0 Å². The van der Waals surface area contributed by atoms with E-state index in [2.05, 4.69) is 51.2 Å². The fourth-order valence-corrected chi connectivity index (χ4v) is 3.13. The van der Waals surface area contributed by atoms with Crippen molar-refractivity contribution in [1.29, 1.82) is 0 Å². The molecule has 0 spiro atoms. The second kappa shape index (κ2) is 7.33. The van der Waals surface area contributed by atoms with Gasteiger partial charge in [-0.15, -0.1) is 0 Å². The van der Waals surface area contributed by atoms with Crippen molar-refractivity contribution in [1.82, 2.24) is 9.97 Å². The highest BCUT2D eigenvalue weighted by Gasteiger charge is 2.16. The largest absolute Gasteiger partial charge is 0.378 e. The molecule has 0 N–H and O–H groups in total. The number of nitrogens with zero attached hydrogens (tertiary/aromatic N) is 3. The number of morpholine rings is 1. The van der Waals surface area contributed by atoms with Crippen LogP contribution in [0.4, 0.5) is 5.95 Å². The molecule has 0 saturated carbocycles. The summed E-state index contributed by atoms with van der Waals surface area (Å²) in [6.07, 6.45) is 0. The summed E-state index contributed by atoms with van der Waals surface area (Å²) in [4.78, 5) is 11.8. The van der Waals surface area contributed by atoms with Crippen molar-refractivity contribution >= 4 is 21.9 Å². The first-order valence-electron chi connectivity index (χ1n) is 8.33. The van der Waals surface area contributed by atoms with Crippen LogP contribution in [0.5, 0.6) is 0 Å². The van der Waals surface area contributed by atoms with Gasteiger partial charge in [0.15, 0.2) is 0 Å². The van der Waals surface area contributed by atoms with Crippen LogP contribution >= 0.6 is 15.9 Å². The monoisotopic (exact) mass is 395 g/mol. The Hall–Kier alpha value is -2.24. The molecule has 1 saturated heterocycles. The number of halogens is 1. The van der Waals surface area contributed by atoms with Gasteiger partial charge in [0.2, 0.25) is 5.95 Å². The molecule has 1 fully saturated rings. The molecule has 4 rings (SSSR count). The van der Waals surface area contributed by atoms with E-state index in [0.717, 1.165) is 46.0 Å². The second-order valence-electron chi connectivity index (χ2n) is 5.91. The fraction of sp³-hybridized carbons (Fsp3) is 0.200. The minimum atomic E-state index is 0.715. The standard InChI is InChI=1S/C20H18BrN3O/c21-17-8-6-16(7-9-17)19-14-18(15-4-2-1-3-5-15)22-20(23-19)24-10-12-25-13-11-24/h1-9,14H,10-13H2. The molecule has 126 valence electrons. The van der Waals surface area contributed by atoms with Crippen molar-refractivity contribution in [2.75, 3.05) is 31.2 Å². The van der Waals surface area contributed by atoms with Crippen LogP contribution in [-0.2, 0) is 4.74 Å². The molecule has 25 heavy (non-hydrogen) atoms. The summed E-state index contributed by atoms with van der Waals surface area (Å²) in [5.74, 6) is 0.766. The minimum Gasteiger partial charge on any atom is -0.378 e. The van der Waals surface area contributed by atoms with Crippen LogP contribution in [0.2, 0.25) is 0 Å². The van der Waals surface area contributed by atoms with Gasteiger partial charge in [-0.1, -0.05) is 58.4 Å². The molecule has 1 aliphatic heterocycles. The van der Waals surface area contributed by atoms with Gasteiger partial charge >= 0.3 is 0 Å². The quantitative estimate of drug-likeness (QED) is 0.658. The van der Waals surface area contributed by atoms with Crippen molar-refractivity contribution in [3.8, 4) is 22.5 Å². The van der Waals surface area contributed by atoms with Crippen molar-refractivity contribution < 1.29 is 4.74 Å². The lowest BCUT2D eigenvalue weighted by Gasteiger charge is -2.27. The Morgan fingerprint density at radius 2 is 1.40 bits per heavy atom. The third-order valence-electron chi connectivity index (χ3n) is 4.22. The third-order valence-corrected chi connectivity index (χ3v) is 4.75. The van der Waals surface area contributed by atoms with Crippen molar-refractivity contribution in [3.63, 3.8) is 0 Å². The molecule has 0 atom stereocenters. The normalized spacial score (nSPS) is 14.5. The first kappa shape index (κ1) is 16.2. The van der Waals surface area contributed by atoms with Crippen LogP contribution in [0.1, 0.15) is 0 Å². The van der Waals surface area contributed by atoms with Gasteiger partial charge in [0.25, 0.3) is 0 Å². The van der Waals surface area contributed by atoms with E-state index in [-0.39, 0.29) is 0 Å². The molecule has 3 aromatic rings. The van der Waals surface area contributed by atoms with E-state index < -0.39 is 0 Å². The highest BCUT2D eigenvalue weighted by atomic mass is 79.9. The SMILES string of the molecule is Brc1ccc(-c2cc(-c3ccccc3)nc(N3CCOCC3)n2)cc1. The molecular weight excluding hydrogens is 378 g/mol. The summed E-state index contributed by atoms with van der Waals surface area (Å²) >= 11 is 3.49. The second-order valence-corrected chi connectivity index (χ2v) is 6.83. The maximum absolute atomic E-state index is 5.46. The van der Waals surface area contributed by atoms with Gasteiger partial charge in [0, 0.05) is 28.7 Å². The molecule has 0 aliphatic carbocycles. The zero-order chi connectivity index (χ0) is 17.1. The van der Waals surface area contributed by atoms with E-state index in [4.69, 9.17) is 14.7 Å². The topological polar surface area (TPSA) is 38.2 Å². The van der Waals surface area contributed by atoms with Crippen LogP contribution < -0.4 is 4.90 Å². The van der Waals surface area contributed by atoms with Crippen LogP contribution in [0.25, 0.3) is 22.5 Å². The van der Waals surface area contributed by atoms with Crippen LogP contribution in [-0.4, -0.2) is 36.3 Å². The van der Waals surface area contributed by atoms with Crippen LogP contribution in [0, 0.1) is 0 Å². The molecule has 5 heteroatoms. The Labute approximate surface area is 155 Å². The van der Waals surface area contributed by atoms with Gasteiger partial charge in [0.05, 0.1) is 24.6 Å². The van der Waals surface area contributed by atoms with Gasteiger partial charge in [-0.2, -0.15) is 0 Å². The van der Waals surface area contributed by atoms with Crippen molar-refractivity contribution in [3.05, 3.63) is 65.1 Å². The lowest BCUT2D eigenvalue weighted by Crippen LogP contribution is -2.37. The van der Waals surface area contributed by atoms with Crippen molar-refractivity contribution in [2.45, 2.75) is 0 Å². The molecule has 2 aromatic carbocycles. The Morgan fingerprint density at radius 3 is 2.04 bits per heavy atom. The lowest BCUT2D eigenvalue weighted by molar-refractivity contribution is 0.122. The molecule has 1 aromatic heterocycles.